The number of non-ortho nitro benzene ring substituents is 1. The van der Waals surface area contributed by atoms with Gasteiger partial charge in [0.15, 0.2) is 0 Å². The van der Waals surface area contributed by atoms with E-state index in [4.69, 9.17) is 5.11 Å². The first-order chi connectivity index (χ1) is 8.50. The largest absolute Gasteiger partial charge is 0.477 e. The van der Waals surface area contributed by atoms with Crippen LogP contribution in [0, 0.1) is 10.1 Å². The quantitative estimate of drug-likeness (QED) is 0.665. The zero-order chi connectivity index (χ0) is 13.3. The number of hydrogen-bond donors (Lipinski definition) is 1. The summed E-state index contributed by atoms with van der Waals surface area (Å²) in [6.07, 6.45) is 0. The third kappa shape index (κ3) is 1.95. The van der Waals surface area contributed by atoms with Crippen LogP contribution in [0.25, 0.3) is 11.3 Å². The molecule has 0 aliphatic carbocycles. The Morgan fingerprint density at radius 2 is 2.06 bits per heavy atom. The SMILES string of the molecule is Cn1c(C(=O)O)ccc1-c1cccc([N+](=O)[O-])c1. The number of nitro groups is 1. The van der Waals surface area contributed by atoms with Gasteiger partial charge in [-0.1, -0.05) is 12.1 Å². The van der Waals surface area contributed by atoms with Gasteiger partial charge in [0.05, 0.1) is 4.92 Å². The second-order valence-electron chi connectivity index (χ2n) is 3.78. The average Bonchev–Trinajstić information content (AvgIpc) is 2.71. The van der Waals surface area contributed by atoms with Crippen molar-refractivity contribution in [3.63, 3.8) is 0 Å². The third-order valence-corrected chi connectivity index (χ3v) is 2.69. The van der Waals surface area contributed by atoms with Crippen LogP contribution in [0.1, 0.15) is 10.5 Å². The predicted octanol–water partition coefficient (Wildman–Crippen LogP) is 2.30. The fourth-order valence-electron chi connectivity index (χ4n) is 1.79. The van der Waals surface area contributed by atoms with Crippen LogP contribution in [0.5, 0.6) is 0 Å². The van der Waals surface area contributed by atoms with E-state index < -0.39 is 10.9 Å². The van der Waals surface area contributed by atoms with Gasteiger partial charge in [0.2, 0.25) is 0 Å². The molecule has 0 saturated heterocycles. The molecule has 2 rings (SSSR count). The van der Waals surface area contributed by atoms with Gasteiger partial charge in [-0.05, 0) is 12.1 Å². The van der Waals surface area contributed by atoms with E-state index in [-0.39, 0.29) is 11.4 Å². The highest BCUT2D eigenvalue weighted by Crippen LogP contribution is 2.25. The summed E-state index contributed by atoms with van der Waals surface area (Å²) >= 11 is 0. The van der Waals surface area contributed by atoms with Crippen molar-refractivity contribution in [2.24, 2.45) is 7.05 Å². The first-order valence-electron chi connectivity index (χ1n) is 5.14. The molecule has 6 nitrogen and oxygen atoms in total. The molecule has 2 aromatic rings. The number of aromatic nitrogens is 1. The highest BCUT2D eigenvalue weighted by Gasteiger charge is 2.14. The maximum atomic E-state index is 10.9. The van der Waals surface area contributed by atoms with Gasteiger partial charge in [-0.25, -0.2) is 4.79 Å². The molecule has 92 valence electrons. The molecule has 1 heterocycles. The summed E-state index contributed by atoms with van der Waals surface area (Å²) in [6.45, 7) is 0. The molecule has 1 aromatic carbocycles. The fraction of sp³-hybridized carbons (Fsp3) is 0.0833. The zero-order valence-electron chi connectivity index (χ0n) is 9.53. The molecule has 0 amide bonds. The number of benzene rings is 1. The molecular formula is C12H10N2O4. The van der Waals surface area contributed by atoms with Gasteiger partial charge >= 0.3 is 5.97 Å². The monoisotopic (exact) mass is 246 g/mol. The first kappa shape index (κ1) is 11.8. The number of aromatic carboxylic acids is 1. The molecule has 6 heteroatoms. The molecule has 0 radical (unpaired) electrons. The molecule has 1 aromatic heterocycles. The molecule has 0 aliphatic rings. The van der Waals surface area contributed by atoms with Crippen molar-refractivity contribution >= 4 is 11.7 Å². The number of nitro benzene ring substituents is 1. The molecule has 1 N–H and O–H groups in total. The number of carbonyl (C=O) groups is 1. The number of carboxylic acid groups (broad SMARTS) is 1. The maximum Gasteiger partial charge on any atom is 0.352 e. The lowest BCUT2D eigenvalue weighted by molar-refractivity contribution is -0.384. The normalized spacial score (nSPS) is 10.3. The molecular weight excluding hydrogens is 236 g/mol. The highest BCUT2D eigenvalue weighted by molar-refractivity contribution is 5.87. The number of rotatable bonds is 3. The third-order valence-electron chi connectivity index (χ3n) is 2.69. The lowest BCUT2D eigenvalue weighted by Gasteiger charge is -2.05. The Morgan fingerprint density at radius 1 is 1.33 bits per heavy atom. The summed E-state index contributed by atoms with van der Waals surface area (Å²) in [6, 6.07) is 9.18. The lowest BCUT2D eigenvalue weighted by atomic mass is 10.1. The predicted molar refractivity (Wildman–Crippen MR) is 64.5 cm³/mol. The van der Waals surface area contributed by atoms with Gasteiger partial charge in [-0.2, -0.15) is 0 Å². The van der Waals surface area contributed by atoms with E-state index in [1.165, 1.54) is 22.8 Å². The Bertz CT molecular complexity index is 631. The Balaban J connectivity index is 2.52. The van der Waals surface area contributed by atoms with Gasteiger partial charge < -0.3 is 9.67 Å². The number of hydrogen-bond acceptors (Lipinski definition) is 3. The van der Waals surface area contributed by atoms with Crippen molar-refractivity contribution in [3.8, 4) is 11.3 Å². The van der Waals surface area contributed by atoms with Crippen LogP contribution in [0.2, 0.25) is 0 Å². The van der Waals surface area contributed by atoms with Crippen LogP contribution in [0.15, 0.2) is 36.4 Å². The summed E-state index contributed by atoms with van der Waals surface area (Å²) in [5.74, 6) is -1.03. The van der Waals surface area contributed by atoms with E-state index in [0.717, 1.165) is 0 Å². The summed E-state index contributed by atoms with van der Waals surface area (Å²) in [4.78, 5) is 21.1. The Morgan fingerprint density at radius 3 is 2.61 bits per heavy atom. The van der Waals surface area contributed by atoms with E-state index in [9.17, 15) is 14.9 Å². The van der Waals surface area contributed by atoms with Crippen LogP contribution in [0.3, 0.4) is 0 Å². The van der Waals surface area contributed by atoms with Crippen molar-refractivity contribution in [2.45, 2.75) is 0 Å². The number of carboxylic acids is 1. The summed E-state index contributed by atoms with van der Waals surface area (Å²) in [7, 11) is 1.61. The van der Waals surface area contributed by atoms with Crippen molar-refractivity contribution in [3.05, 3.63) is 52.2 Å². The lowest BCUT2D eigenvalue weighted by Crippen LogP contribution is -2.05. The van der Waals surface area contributed by atoms with E-state index in [2.05, 4.69) is 0 Å². The van der Waals surface area contributed by atoms with Crippen molar-refractivity contribution in [1.82, 2.24) is 4.57 Å². The van der Waals surface area contributed by atoms with Crippen LogP contribution < -0.4 is 0 Å². The van der Waals surface area contributed by atoms with Gasteiger partial charge in [-0.15, -0.1) is 0 Å². The van der Waals surface area contributed by atoms with Crippen LogP contribution >= 0.6 is 0 Å². The van der Waals surface area contributed by atoms with Crippen LogP contribution in [-0.2, 0) is 7.05 Å². The smallest absolute Gasteiger partial charge is 0.352 e. The van der Waals surface area contributed by atoms with Crippen LogP contribution in [-0.4, -0.2) is 20.6 Å². The van der Waals surface area contributed by atoms with E-state index in [1.807, 2.05) is 0 Å². The highest BCUT2D eigenvalue weighted by atomic mass is 16.6. The standard InChI is InChI=1S/C12H10N2O4/c1-13-10(5-6-11(13)12(15)16)8-3-2-4-9(7-8)14(17)18/h2-7H,1H3,(H,15,16). The minimum absolute atomic E-state index is 0.0226. The summed E-state index contributed by atoms with van der Waals surface area (Å²) in [5.41, 5.74) is 1.34. The van der Waals surface area contributed by atoms with Crippen LogP contribution in [0.4, 0.5) is 5.69 Å². The molecule has 0 aliphatic heterocycles. The van der Waals surface area contributed by atoms with Gasteiger partial charge in [0.25, 0.3) is 5.69 Å². The second-order valence-corrected chi connectivity index (χ2v) is 3.78. The van der Waals surface area contributed by atoms with E-state index in [1.54, 1.807) is 25.2 Å². The maximum absolute atomic E-state index is 10.9. The Kier molecular flexibility index (Phi) is 2.85. The van der Waals surface area contributed by atoms with Crippen molar-refractivity contribution in [1.29, 1.82) is 0 Å². The first-order valence-corrected chi connectivity index (χ1v) is 5.14. The minimum atomic E-state index is -1.03. The van der Waals surface area contributed by atoms with Gasteiger partial charge in [0, 0.05) is 30.4 Å². The molecule has 0 saturated carbocycles. The van der Waals surface area contributed by atoms with Gasteiger partial charge in [0.1, 0.15) is 5.69 Å². The van der Waals surface area contributed by atoms with Crippen molar-refractivity contribution < 1.29 is 14.8 Å². The van der Waals surface area contributed by atoms with E-state index in [0.29, 0.717) is 11.3 Å². The minimum Gasteiger partial charge on any atom is -0.477 e. The topological polar surface area (TPSA) is 85.4 Å². The van der Waals surface area contributed by atoms with Gasteiger partial charge in [-0.3, -0.25) is 10.1 Å². The molecule has 0 unspecified atom stereocenters. The second kappa shape index (κ2) is 4.33. The molecule has 0 bridgehead atoms. The average molecular weight is 246 g/mol. The zero-order valence-corrected chi connectivity index (χ0v) is 9.53. The Labute approximate surface area is 102 Å². The molecule has 0 spiro atoms. The molecule has 18 heavy (non-hydrogen) atoms. The molecule has 0 fully saturated rings. The molecule has 0 atom stereocenters. The fourth-order valence-corrected chi connectivity index (χ4v) is 1.79. The summed E-state index contributed by atoms with van der Waals surface area (Å²) < 4.78 is 1.49. The Hall–Kier alpha value is -2.63. The number of nitrogens with zero attached hydrogens (tertiary/aromatic N) is 2. The van der Waals surface area contributed by atoms with E-state index >= 15 is 0 Å². The van der Waals surface area contributed by atoms with Crippen molar-refractivity contribution in [2.75, 3.05) is 0 Å². The summed E-state index contributed by atoms with van der Waals surface area (Å²) in [5, 5.41) is 19.6.